The van der Waals surface area contributed by atoms with Gasteiger partial charge in [0.25, 0.3) is 5.56 Å². The number of para-hydroxylation sites is 1. The Hall–Kier alpha value is -1.72. The first-order valence-corrected chi connectivity index (χ1v) is 7.93. The Bertz CT molecular complexity index is 674. The van der Waals surface area contributed by atoms with Crippen molar-refractivity contribution in [1.29, 1.82) is 0 Å². The number of rotatable bonds is 5. The third kappa shape index (κ3) is 4.18. The zero-order chi connectivity index (χ0) is 15.4. The van der Waals surface area contributed by atoms with Gasteiger partial charge in [0, 0.05) is 18.3 Å². The molecule has 2 heterocycles. The minimum absolute atomic E-state index is 0. The summed E-state index contributed by atoms with van der Waals surface area (Å²) in [5.74, 6) is 0.724. The maximum Gasteiger partial charge on any atom is 0.272 e. The molecule has 1 aliphatic heterocycles. The largest absolute Gasteiger partial charge is 0.496 e. The molecule has 1 fully saturated rings. The predicted octanol–water partition coefficient (Wildman–Crippen LogP) is 2.76. The maximum atomic E-state index is 12.2. The van der Waals surface area contributed by atoms with Crippen molar-refractivity contribution in [2.24, 2.45) is 0 Å². The van der Waals surface area contributed by atoms with E-state index >= 15 is 0 Å². The van der Waals surface area contributed by atoms with E-state index in [0.29, 0.717) is 5.56 Å². The number of halogens is 1. The van der Waals surface area contributed by atoms with Crippen LogP contribution >= 0.6 is 12.4 Å². The van der Waals surface area contributed by atoms with Crippen LogP contribution in [0.15, 0.2) is 35.3 Å². The minimum atomic E-state index is -0.0665. The monoisotopic (exact) mass is 337 g/mol. The summed E-state index contributed by atoms with van der Waals surface area (Å²) < 4.78 is 7.24. The van der Waals surface area contributed by atoms with E-state index in [1.807, 2.05) is 35.1 Å². The molecule has 0 bridgehead atoms. The van der Waals surface area contributed by atoms with Crippen LogP contribution in [-0.4, -0.2) is 41.4 Å². The van der Waals surface area contributed by atoms with Crippen LogP contribution in [0.25, 0.3) is 11.1 Å². The number of nitrogens with zero attached hydrogens (tertiary/aromatic N) is 2. The average molecular weight is 338 g/mol. The fraction of sp³-hybridized carbons (Fsp3) is 0.471. The Morgan fingerprint density at radius 1 is 1.09 bits per heavy atom. The van der Waals surface area contributed by atoms with Crippen molar-refractivity contribution >= 4 is 12.4 Å². The Labute approximate surface area is 142 Å². The molecule has 6 heteroatoms. The van der Waals surface area contributed by atoms with Crippen molar-refractivity contribution in [3.63, 3.8) is 0 Å². The molecule has 0 unspecified atom stereocenters. The van der Waals surface area contributed by atoms with Gasteiger partial charge in [-0.25, -0.2) is 0 Å². The third-order valence-electron chi connectivity index (χ3n) is 4.28. The molecule has 1 saturated heterocycles. The van der Waals surface area contributed by atoms with Crippen LogP contribution in [0.1, 0.15) is 19.3 Å². The SMILES string of the molecule is COc1ccccc1-c1cn(CCN2CCCCC2)[nH]c1=O.Cl. The summed E-state index contributed by atoms with van der Waals surface area (Å²) in [5, 5.41) is 2.91. The number of nitrogens with one attached hydrogen (secondary N) is 1. The maximum absolute atomic E-state index is 12.2. The number of benzene rings is 1. The minimum Gasteiger partial charge on any atom is -0.496 e. The number of ether oxygens (including phenoxy) is 1. The van der Waals surface area contributed by atoms with Crippen molar-refractivity contribution in [1.82, 2.24) is 14.7 Å². The van der Waals surface area contributed by atoms with Gasteiger partial charge in [0.1, 0.15) is 5.75 Å². The summed E-state index contributed by atoms with van der Waals surface area (Å²) in [6, 6.07) is 7.62. The lowest BCUT2D eigenvalue weighted by atomic mass is 10.1. The van der Waals surface area contributed by atoms with Crippen molar-refractivity contribution in [3.05, 3.63) is 40.8 Å². The number of hydrogen-bond acceptors (Lipinski definition) is 3. The van der Waals surface area contributed by atoms with E-state index in [0.717, 1.165) is 24.4 Å². The number of piperidine rings is 1. The highest BCUT2D eigenvalue weighted by Crippen LogP contribution is 2.26. The molecule has 0 spiro atoms. The third-order valence-corrected chi connectivity index (χ3v) is 4.28. The first-order chi connectivity index (χ1) is 10.8. The molecular weight excluding hydrogens is 314 g/mol. The standard InChI is InChI=1S/C17H23N3O2.ClH/c1-22-16-8-4-3-7-14(16)15-13-20(18-17(15)21)12-11-19-9-5-2-6-10-19;/h3-4,7-8,13H,2,5-6,9-12H2,1H3,(H,18,21);1H. The molecule has 0 atom stereocenters. The van der Waals surface area contributed by atoms with Crippen LogP contribution in [-0.2, 0) is 6.54 Å². The highest BCUT2D eigenvalue weighted by atomic mass is 35.5. The van der Waals surface area contributed by atoms with Gasteiger partial charge < -0.3 is 9.64 Å². The molecule has 0 amide bonds. The second kappa shape index (κ2) is 8.22. The van der Waals surface area contributed by atoms with Crippen LogP contribution in [0.5, 0.6) is 5.75 Å². The Morgan fingerprint density at radius 3 is 2.57 bits per heavy atom. The van der Waals surface area contributed by atoms with Gasteiger partial charge in [0.15, 0.2) is 0 Å². The van der Waals surface area contributed by atoms with Gasteiger partial charge in [-0.3, -0.25) is 14.6 Å². The summed E-state index contributed by atoms with van der Waals surface area (Å²) in [5.41, 5.74) is 1.43. The predicted molar refractivity (Wildman–Crippen MR) is 94.6 cm³/mol. The zero-order valence-electron chi connectivity index (χ0n) is 13.5. The molecular formula is C17H24ClN3O2. The fourth-order valence-corrected chi connectivity index (χ4v) is 3.05. The zero-order valence-corrected chi connectivity index (χ0v) is 14.3. The lowest BCUT2D eigenvalue weighted by Gasteiger charge is -2.26. The van der Waals surface area contributed by atoms with E-state index in [1.54, 1.807) is 7.11 Å². The molecule has 0 radical (unpaired) electrons. The van der Waals surface area contributed by atoms with Gasteiger partial charge >= 0.3 is 0 Å². The van der Waals surface area contributed by atoms with E-state index in [9.17, 15) is 4.79 Å². The number of H-pyrrole nitrogens is 1. The Morgan fingerprint density at radius 2 is 1.83 bits per heavy atom. The molecule has 3 rings (SSSR count). The molecule has 23 heavy (non-hydrogen) atoms. The summed E-state index contributed by atoms with van der Waals surface area (Å²) in [7, 11) is 1.63. The summed E-state index contributed by atoms with van der Waals surface area (Å²) >= 11 is 0. The highest BCUT2D eigenvalue weighted by molar-refractivity contribution is 5.85. The van der Waals surface area contributed by atoms with Gasteiger partial charge in [0.05, 0.1) is 19.2 Å². The van der Waals surface area contributed by atoms with Crippen molar-refractivity contribution in [2.75, 3.05) is 26.7 Å². The first kappa shape index (κ1) is 17.6. The lowest BCUT2D eigenvalue weighted by molar-refractivity contribution is 0.218. The topological polar surface area (TPSA) is 50.3 Å². The molecule has 126 valence electrons. The van der Waals surface area contributed by atoms with Gasteiger partial charge in [-0.05, 0) is 32.0 Å². The molecule has 0 saturated carbocycles. The smallest absolute Gasteiger partial charge is 0.272 e. The van der Waals surface area contributed by atoms with E-state index < -0.39 is 0 Å². The van der Waals surface area contributed by atoms with Gasteiger partial charge in [0.2, 0.25) is 0 Å². The van der Waals surface area contributed by atoms with Gasteiger partial charge in [-0.1, -0.05) is 24.6 Å². The number of methoxy groups -OCH3 is 1. The summed E-state index contributed by atoms with van der Waals surface area (Å²) in [6.07, 6.45) is 5.81. The van der Waals surface area contributed by atoms with Crippen LogP contribution in [0, 0.1) is 0 Å². The van der Waals surface area contributed by atoms with Crippen LogP contribution in [0.3, 0.4) is 0 Å². The van der Waals surface area contributed by atoms with Crippen molar-refractivity contribution < 1.29 is 4.74 Å². The van der Waals surface area contributed by atoms with E-state index in [2.05, 4.69) is 10.00 Å². The molecule has 1 aliphatic rings. The second-order valence-electron chi connectivity index (χ2n) is 5.78. The number of hydrogen-bond donors (Lipinski definition) is 1. The summed E-state index contributed by atoms with van der Waals surface area (Å²) in [4.78, 5) is 14.7. The molecule has 5 nitrogen and oxygen atoms in total. The van der Waals surface area contributed by atoms with Crippen LogP contribution in [0.4, 0.5) is 0 Å². The molecule has 1 N–H and O–H groups in total. The van der Waals surface area contributed by atoms with Crippen molar-refractivity contribution in [2.45, 2.75) is 25.8 Å². The van der Waals surface area contributed by atoms with Crippen LogP contribution in [0.2, 0.25) is 0 Å². The van der Waals surface area contributed by atoms with E-state index in [-0.39, 0.29) is 18.0 Å². The van der Waals surface area contributed by atoms with Crippen LogP contribution < -0.4 is 10.3 Å². The Balaban J connectivity index is 0.00000192. The van der Waals surface area contributed by atoms with E-state index in [1.165, 1.54) is 32.4 Å². The molecule has 2 aromatic rings. The highest BCUT2D eigenvalue weighted by Gasteiger charge is 2.13. The van der Waals surface area contributed by atoms with Crippen molar-refractivity contribution in [3.8, 4) is 16.9 Å². The quantitative estimate of drug-likeness (QED) is 0.912. The van der Waals surface area contributed by atoms with E-state index in [4.69, 9.17) is 4.74 Å². The number of aromatic nitrogens is 2. The second-order valence-corrected chi connectivity index (χ2v) is 5.78. The number of aromatic amines is 1. The lowest BCUT2D eigenvalue weighted by Crippen LogP contribution is -2.32. The molecule has 1 aromatic heterocycles. The van der Waals surface area contributed by atoms with Gasteiger partial charge in [-0.15, -0.1) is 12.4 Å². The Kier molecular flexibility index (Phi) is 6.30. The molecule has 0 aliphatic carbocycles. The number of likely N-dealkylation sites (tertiary alicyclic amines) is 1. The molecule has 1 aromatic carbocycles. The first-order valence-electron chi connectivity index (χ1n) is 7.93. The van der Waals surface area contributed by atoms with Gasteiger partial charge in [-0.2, -0.15) is 0 Å². The normalized spacial score (nSPS) is 15.2. The fourth-order valence-electron chi connectivity index (χ4n) is 3.05. The summed E-state index contributed by atoms with van der Waals surface area (Å²) in [6.45, 7) is 4.14. The average Bonchev–Trinajstić information content (AvgIpc) is 2.94.